The number of hydrogen-bond donors (Lipinski definition) is 0. The number of rotatable bonds is 9. The van der Waals surface area contributed by atoms with E-state index in [0.29, 0.717) is 0 Å². The van der Waals surface area contributed by atoms with Gasteiger partial charge in [0.2, 0.25) is 0 Å². The maximum Gasteiger partial charge on any atom is 0.145 e. The Bertz CT molecular complexity index is 4080. The van der Waals surface area contributed by atoms with Gasteiger partial charge >= 0.3 is 0 Å². The predicted octanol–water partition coefficient (Wildman–Crippen LogP) is 17.3. The highest BCUT2D eigenvalue weighted by Gasteiger charge is 2.46. The normalized spacial score (nSPS) is 12.6. The lowest BCUT2D eigenvalue weighted by Crippen LogP contribution is -2.28. The van der Waals surface area contributed by atoms with Gasteiger partial charge in [0.25, 0.3) is 0 Å². The number of hydrogen-bond acceptors (Lipinski definition) is 2. The second kappa shape index (κ2) is 16.9. The molecular weight excluding hydrogens is 873 g/mol. The Morgan fingerprint density at radius 1 is 0.319 bits per heavy atom. The number of benzene rings is 11. The fraction of sp³-hybridized carbons (Fsp3) is 0.0147. The summed E-state index contributed by atoms with van der Waals surface area (Å²) < 4.78 is 4.64. The summed E-state index contributed by atoms with van der Waals surface area (Å²) >= 11 is 0. The van der Waals surface area contributed by atoms with Crippen LogP contribution in [-0.2, 0) is 5.41 Å². The molecule has 0 saturated heterocycles. The highest BCUT2D eigenvalue weighted by molar-refractivity contribution is 6.10. The van der Waals surface area contributed by atoms with Crippen LogP contribution in [0, 0.1) is 0 Å². The smallest absolute Gasteiger partial charge is 0.145 e. The molecule has 0 amide bonds. The first-order valence-corrected chi connectivity index (χ1v) is 24.7. The van der Waals surface area contributed by atoms with Gasteiger partial charge in [-0.3, -0.25) is 4.57 Å². The molecule has 1 aliphatic rings. The molecule has 0 saturated carbocycles. The SMILES string of the molecule is c1ccc(-n2c(-c3ccc(N(c4ccc(-c5ccc6c(c5)c5ccccc5n6-c5ccccc5)cc4)c4ccc5c(c4)C(c4ccccc4)(c4ccccc4)c4ccccc4-5)cc3)nc3ccccc32)cc1. The van der Waals surface area contributed by atoms with E-state index in [2.05, 4.69) is 293 Å². The predicted molar refractivity (Wildman–Crippen MR) is 298 cm³/mol. The van der Waals surface area contributed by atoms with Crippen molar-refractivity contribution < 1.29 is 0 Å². The first-order chi connectivity index (χ1) is 35.7. The van der Waals surface area contributed by atoms with Crippen molar-refractivity contribution in [3.63, 3.8) is 0 Å². The molecule has 1 aliphatic carbocycles. The average molecular weight is 919 g/mol. The number of aromatic nitrogens is 3. The van der Waals surface area contributed by atoms with E-state index in [0.717, 1.165) is 56.4 Å². The Morgan fingerprint density at radius 3 is 1.50 bits per heavy atom. The maximum atomic E-state index is 5.22. The van der Waals surface area contributed by atoms with E-state index in [-0.39, 0.29) is 0 Å². The molecule has 0 bridgehead atoms. The summed E-state index contributed by atoms with van der Waals surface area (Å²) in [5.74, 6) is 0.902. The Kier molecular flexibility index (Phi) is 9.71. The third-order valence-electron chi connectivity index (χ3n) is 14.8. The molecule has 0 aliphatic heterocycles. The standard InChI is InChI=1S/C68H46N4/c1-5-19-50(20-6-1)68(51-21-7-2-8-22-51)61-29-15-13-27-57(61)58-43-42-56(46-62(58)68)70(55-40-35-48(36-41-55)67-69-63-30-16-18-32-66(63)72(67)53-25-11-4-12-26-53)54-38-33-47(34-39-54)49-37-44-65-60(45-49)59-28-14-17-31-64(59)71(65)52-23-9-3-10-24-52/h1-46H. The molecule has 0 N–H and O–H groups in total. The fourth-order valence-electron chi connectivity index (χ4n) is 11.6. The summed E-state index contributed by atoms with van der Waals surface area (Å²) in [5, 5.41) is 2.47. The van der Waals surface area contributed by atoms with E-state index < -0.39 is 5.41 Å². The lowest BCUT2D eigenvalue weighted by atomic mass is 9.67. The molecule has 0 fully saturated rings. The topological polar surface area (TPSA) is 26.0 Å². The number of imidazole rings is 1. The van der Waals surface area contributed by atoms with Gasteiger partial charge in [-0.15, -0.1) is 0 Å². The van der Waals surface area contributed by atoms with Gasteiger partial charge in [-0.1, -0.05) is 176 Å². The van der Waals surface area contributed by atoms with Crippen LogP contribution in [0.5, 0.6) is 0 Å². The van der Waals surface area contributed by atoms with Gasteiger partial charge in [0, 0.05) is 44.8 Å². The van der Waals surface area contributed by atoms with Crippen LogP contribution in [0.2, 0.25) is 0 Å². The average Bonchev–Trinajstić information content (AvgIpc) is 4.11. The number of para-hydroxylation sites is 5. The van der Waals surface area contributed by atoms with Crippen molar-refractivity contribution in [2.24, 2.45) is 0 Å². The molecule has 338 valence electrons. The van der Waals surface area contributed by atoms with E-state index in [1.807, 2.05) is 0 Å². The van der Waals surface area contributed by atoms with Crippen molar-refractivity contribution in [3.05, 3.63) is 301 Å². The molecule has 0 radical (unpaired) electrons. The Morgan fingerprint density at radius 2 is 0.819 bits per heavy atom. The Labute approximate surface area is 418 Å². The third-order valence-corrected chi connectivity index (χ3v) is 14.8. The van der Waals surface area contributed by atoms with Crippen LogP contribution in [0.3, 0.4) is 0 Å². The summed E-state index contributed by atoms with van der Waals surface area (Å²) in [7, 11) is 0. The van der Waals surface area contributed by atoms with Crippen LogP contribution in [0.25, 0.3) is 77.9 Å². The van der Waals surface area contributed by atoms with Gasteiger partial charge in [0.05, 0.1) is 27.5 Å². The van der Waals surface area contributed by atoms with Crippen molar-refractivity contribution in [3.8, 4) is 45.0 Å². The van der Waals surface area contributed by atoms with Gasteiger partial charge in [-0.05, 0) is 148 Å². The molecular formula is C68H46N4. The van der Waals surface area contributed by atoms with Gasteiger partial charge in [0.1, 0.15) is 5.82 Å². The summed E-state index contributed by atoms with van der Waals surface area (Å²) in [6, 6.07) is 101. The molecule has 4 heteroatoms. The Hall–Kier alpha value is -9.51. The zero-order chi connectivity index (χ0) is 47.6. The molecule has 2 heterocycles. The van der Waals surface area contributed by atoms with E-state index >= 15 is 0 Å². The van der Waals surface area contributed by atoms with Crippen LogP contribution in [-0.4, -0.2) is 14.1 Å². The molecule has 2 aromatic heterocycles. The fourth-order valence-corrected chi connectivity index (χ4v) is 11.6. The lowest BCUT2D eigenvalue weighted by Gasteiger charge is -2.35. The minimum absolute atomic E-state index is 0.539. The number of fused-ring (bicyclic) bond motifs is 7. The van der Waals surface area contributed by atoms with Gasteiger partial charge in [-0.25, -0.2) is 4.98 Å². The van der Waals surface area contributed by atoms with Crippen molar-refractivity contribution >= 4 is 49.9 Å². The highest BCUT2D eigenvalue weighted by Crippen LogP contribution is 2.57. The third kappa shape index (κ3) is 6.50. The van der Waals surface area contributed by atoms with E-state index in [9.17, 15) is 0 Å². The van der Waals surface area contributed by atoms with Crippen LogP contribution in [0.4, 0.5) is 17.1 Å². The van der Waals surface area contributed by atoms with Crippen LogP contribution < -0.4 is 4.90 Å². The van der Waals surface area contributed by atoms with Crippen molar-refractivity contribution in [2.45, 2.75) is 5.41 Å². The van der Waals surface area contributed by atoms with Crippen molar-refractivity contribution in [1.82, 2.24) is 14.1 Å². The monoisotopic (exact) mass is 918 g/mol. The van der Waals surface area contributed by atoms with Crippen LogP contribution in [0.15, 0.2) is 279 Å². The molecule has 0 unspecified atom stereocenters. The minimum Gasteiger partial charge on any atom is -0.310 e. The lowest BCUT2D eigenvalue weighted by molar-refractivity contribution is 0.768. The summed E-state index contributed by atoms with van der Waals surface area (Å²) in [5.41, 5.74) is 20.2. The molecule has 0 spiro atoms. The molecule has 0 atom stereocenters. The molecule has 13 aromatic rings. The van der Waals surface area contributed by atoms with Crippen LogP contribution in [0.1, 0.15) is 22.3 Å². The first-order valence-electron chi connectivity index (χ1n) is 24.7. The molecule has 72 heavy (non-hydrogen) atoms. The summed E-state index contributed by atoms with van der Waals surface area (Å²) in [6.45, 7) is 0. The van der Waals surface area contributed by atoms with Crippen LogP contribution >= 0.6 is 0 Å². The van der Waals surface area contributed by atoms with E-state index in [4.69, 9.17) is 4.98 Å². The van der Waals surface area contributed by atoms with Gasteiger partial charge in [-0.2, -0.15) is 0 Å². The van der Waals surface area contributed by atoms with E-state index in [1.54, 1.807) is 0 Å². The molecule has 11 aromatic carbocycles. The van der Waals surface area contributed by atoms with E-state index in [1.165, 1.54) is 60.8 Å². The summed E-state index contributed by atoms with van der Waals surface area (Å²) in [4.78, 5) is 7.63. The van der Waals surface area contributed by atoms with Crippen molar-refractivity contribution in [2.75, 3.05) is 4.90 Å². The number of anilines is 3. The molecule has 14 rings (SSSR count). The van der Waals surface area contributed by atoms with Gasteiger partial charge < -0.3 is 9.47 Å². The minimum atomic E-state index is -0.539. The summed E-state index contributed by atoms with van der Waals surface area (Å²) in [6.07, 6.45) is 0. The maximum absolute atomic E-state index is 5.22. The largest absolute Gasteiger partial charge is 0.310 e. The zero-order valence-corrected chi connectivity index (χ0v) is 39.3. The zero-order valence-electron chi connectivity index (χ0n) is 39.3. The first kappa shape index (κ1) is 41.5. The van der Waals surface area contributed by atoms with Gasteiger partial charge in [0.15, 0.2) is 0 Å². The number of nitrogens with zero attached hydrogens (tertiary/aromatic N) is 4. The van der Waals surface area contributed by atoms with Crippen molar-refractivity contribution in [1.29, 1.82) is 0 Å². The highest BCUT2D eigenvalue weighted by atomic mass is 15.1. The Balaban J connectivity index is 0.933. The second-order valence-corrected chi connectivity index (χ2v) is 18.7. The second-order valence-electron chi connectivity index (χ2n) is 18.7. The quantitative estimate of drug-likeness (QED) is 0.144. The molecule has 4 nitrogen and oxygen atoms in total.